The molecule has 11 nitrogen and oxygen atoms in total. The summed E-state index contributed by atoms with van der Waals surface area (Å²) in [5, 5.41) is 11.7. The van der Waals surface area contributed by atoms with E-state index in [1.807, 2.05) is 50.2 Å². The maximum Gasteiger partial charge on any atom is 0.385 e. The van der Waals surface area contributed by atoms with E-state index >= 15 is 0 Å². The van der Waals surface area contributed by atoms with Crippen LogP contribution in [0.2, 0.25) is 0 Å². The van der Waals surface area contributed by atoms with Crippen LogP contribution < -0.4 is 9.50 Å². The average Bonchev–Trinajstić information content (AvgIpc) is 3.39. The van der Waals surface area contributed by atoms with E-state index in [2.05, 4.69) is 15.6 Å². The lowest BCUT2D eigenvalue weighted by atomic mass is 9.84. The lowest BCUT2D eigenvalue weighted by Gasteiger charge is -2.29. The van der Waals surface area contributed by atoms with Crippen LogP contribution >= 0.6 is 0 Å². The van der Waals surface area contributed by atoms with Crippen LogP contribution in [0.25, 0.3) is 11.0 Å². The maximum atomic E-state index is 13.2. The highest BCUT2D eigenvalue weighted by Gasteiger charge is 2.32. The first-order chi connectivity index (χ1) is 20.6. The van der Waals surface area contributed by atoms with E-state index in [4.69, 9.17) is 8.92 Å². The second-order valence-electron chi connectivity index (χ2n) is 11.0. The molecule has 224 valence electrons. The lowest BCUT2D eigenvalue weighted by molar-refractivity contribution is -0.143. The molecule has 1 N–H and O–H groups in total. The Hall–Kier alpha value is -4.29. The number of hydrogen-bond donors (Lipinski definition) is 1. The minimum absolute atomic E-state index is 0.0842. The fourth-order valence-corrected chi connectivity index (χ4v) is 6.89. The zero-order valence-electron chi connectivity index (χ0n) is 24.3. The van der Waals surface area contributed by atoms with E-state index in [9.17, 15) is 18.0 Å². The third kappa shape index (κ3) is 5.72. The third-order valence-corrected chi connectivity index (χ3v) is 9.46. The van der Waals surface area contributed by atoms with Gasteiger partial charge in [0, 0.05) is 37.5 Å². The van der Waals surface area contributed by atoms with E-state index in [-0.39, 0.29) is 56.1 Å². The molecule has 0 saturated carbocycles. The summed E-state index contributed by atoms with van der Waals surface area (Å²) in [6.45, 7) is 6.76. The SMILES string of the molecule is CCOC(=O)CC1c2ccc(C)c(c2)CN2Cc3cc(ccc3OS2(=O)=O)CNC(=O)CCn2nnc3c(C)c1ccc32. The zero-order valence-corrected chi connectivity index (χ0v) is 25.1. The number of aromatic nitrogens is 3. The summed E-state index contributed by atoms with van der Waals surface area (Å²) in [6, 6.07) is 15.0. The minimum Gasteiger partial charge on any atom is -0.466 e. The van der Waals surface area contributed by atoms with Crippen LogP contribution in [0.15, 0.2) is 48.5 Å². The number of carbonyl (C=O) groups is 2. The van der Waals surface area contributed by atoms with Crippen LogP contribution in [0.1, 0.15) is 64.6 Å². The molecule has 2 atom stereocenters. The molecule has 3 aliphatic heterocycles. The highest BCUT2D eigenvalue weighted by Crippen LogP contribution is 2.36. The van der Waals surface area contributed by atoms with Crippen molar-refractivity contribution in [3.05, 3.63) is 87.5 Å². The molecule has 0 radical (unpaired) electrons. The highest BCUT2D eigenvalue weighted by atomic mass is 32.2. The molecular weight excluding hydrogens is 570 g/mol. The first kappa shape index (κ1) is 28.8. The molecule has 2 unspecified atom stereocenters. The van der Waals surface area contributed by atoms with Gasteiger partial charge in [-0.3, -0.25) is 9.59 Å². The molecule has 4 heterocycles. The first-order valence-corrected chi connectivity index (χ1v) is 15.6. The topological polar surface area (TPSA) is 133 Å². The van der Waals surface area contributed by atoms with Gasteiger partial charge in [-0.1, -0.05) is 35.5 Å². The van der Waals surface area contributed by atoms with Crippen molar-refractivity contribution in [3.63, 3.8) is 0 Å². The molecule has 43 heavy (non-hydrogen) atoms. The Labute approximate surface area is 250 Å². The van der Waals surface area contributed by atoms with Crippen molar-refractivity contribution in [1.82, 2.24) is 24.6 Å². The number of fused-ring (bicyclic) bond motifs is 5. The molecule has 0 saturated heterocycles. The molecular formula is C31H33N5O6S. The van der Waals surface area contributed by atoms with Crippen molar-refractivity contribution in [2.45, 2.75) is 65.7 Å². The van der Waals surface area contributed by atoms with E-state index in [1.54, 1.807) is 23.7 Å². The van der Waals surface area contributed by atoms with Gasteiger partial charge in [-0.2, -0.15) is 12.7 Å². The van der Waals surface area contributed by atoms with Crippen LogP contribution in [0.5, 0.6) is 5.75 Å². The maximum absolute atomic E-state index is 13.2. The Morgan fingerprint density at radius 1 is 1.09 bits per heavy atom. The minimum atomic E-state index is -4.05. The molecule has 1 aromatic heterocycles. The smallest absolute Gasteiger partial charge is 0.385 e. The number of benzene rings is 3. The number of ether oxygens (including phenoxy) is 1. The van der Waals surface area contributed by atoms with E-state index in [1.165, 1.54) is 4.31 Å². The summed E-state index contributed by atoms with van der Waals surface area (Å²) in [6.07, 6.45) is 0.301. The Morgan fingerprint density at radius 2 is 1.91 bits per heavy atom. The van der Waals surface area contributed by atoms with Gasteiger partial charge < -0.3 is 14.2 Å². The molecule has 12 heteroatoms. The van der Waals surface area contributed by atoms with Crippen LogP contribution in [0.3, 0.4) is 0 Å². The molecule has 9 bridgehead atoms. The van der Waals surface area contributed by atoms with Crippen molar-refractivity contribution < 1.29 is 26.9 Å². The quantitative estimate of drug-likeness (QED) is 0.350. The summed E-state index contributed by atoms with van der Waals surface area (Å²) in [5.41, 5.74) is 7.36. The predicted octanol–water partition coefficient (Wildman–Crippen LogP) is 3.79. The van der Waals surface area contributed by atoms with Crippen molar-refractivity contribution in [1.29, 1.82) is 0 Å². The van der Waals surface area contributed by atoms with E-state index in [0.717, 1.165) is 38.9 Å². The summed E-state index contributed by atoms with van der Waals surface area (Å²) in [5.74, 6) is -0.574. The number of nitrogens with one attached hydrogen (secondary N) is 1. The number of amides is 1. The Morgan fingerprint density at radius 3 is 2.72 bits per heavy atom. The van der Waals surface area contributed by atoms with Crippen molar-refractivity contribution in [2.75, 3.05) is 6.61 Å². The molecule has 3 aromatic carbocycles. The second kappa shape index (κ2) is 11.4. The molecule has 3 aliphatic rings. The number of hydrogen-bond acceptors (Lipinski definition) is 8. The number of esters is 1. The van der Waals surface area contributed by atoms with Crippen molar-refractivity contribution >= 4 is 33.2 Å². The Bertz CT molecular complexity index is 1850. The molecule has 7 rings (SSSR count). The number of carbonyl (C=O) groups excluding carboxylic acids is 2. The Balaban J connectivity index is 1.48. The summed E-state index contributed by atoms with van der Waals surface area (Å²) < 4.78 is 40.2. The van der Waals surface area contributed by atoms with Gasteiger partial charge in [-0.15, -0.1) is 5.10 Å². The van der Waals surface area contributed by atoms with Crippen molar-refractivity contribution in [3.8, 4) is 5.75 Å². The van der Waals surface area contributed by atoms with Gasteiger partial charge in [0.25, 0.3) is 0 Å². The van der Waals surface area contributed by atoms with E-state index < -0.39 is 10.3 Å². The van der Waals surface area contributed by atoms with Gasteiger partial charge in [0.1, 0.15) is 11.3 Å². The van der Waals surface area contributed by atoms with Crippen LogP contribution in [-0.4, -0.2) is 46.2 Å². The zero-order chi connectivity index (χ0) is 30.3. The fourth-order valence-electron chi connectivity index (χ4n) is 5.80. The molecule has 0 aliphatic carbocycles. The van der Waals surface area contributed by atoms with Crippen LogP contribution in [-0.2, 0) is 50.8 Å². The summed E-state index contributed by atoms with van der Waals surface area (Å²) >= 11 is 0. The van der Waals surface area contributed by atoms with Gasteiger partial charge in [-0.05, 0) is 72.4 Å². The van der Waals surface area contributed by atoms with Gasteiger partial charge in [0.05, 0.1) is 25.1 Å². The summed E-state index contributed by atoms with van der Waals surface area (Å²) in [7, 11) is -4.05. The molecule has 0 fully saturated rings. The Kier molecular flexibility index (Phi) is 7.65. The second-order valence-corrected chi connectivity index (χ2v) is 12.5. The predicted molar refractivity (Wildman–Crippen MR) is 158 cm³/mol. The normalized spacial score (nSPS) is 19.7. The average molecular weight is 604 g/mol. The van der Waals surface area contributed by atoms with E-state index in [0.29, 0.717) is 24.2 Å². The molecule has 1 amide bonds. The van der Waals surface area contributed by atoms with Gasteiger partial charge in [-0.25, -0.2) is 4.68 Å². The molecule has 0 spiro atoms. The highest BCUT2D eigenvalue weighted by molar-refractivity contribution is 7.84. The van der Waals surface area contributed by atoms with Gasteiger partial charge in [0.2, 0.25) is 5.91 Å². The fraction of sp³-hybridized carbons (Fsp3) is 0.355. The van der Waals surface area contributed by atoms with Crippen LogP contribution in [0.4, 0.5) is 0 Å². The lowest BCUT2D eigenvalue weighted by Crippen LogP contribution is -2.37. The molecule has 4 aromatic rings. The number of rotatable bonds is 3. The first-order valence-electron chi connectivity index (χ1n) is 14.3. The number of nitrogens with zero attached hydrogens (tertiary/aromatic N) is 4. The van der Waals surface area contributed by atoms with Gasteiger partial charge >= 0.3 is 16.3 Å². The van der Waals surface area contributed by atoms with Gasteiger partial charge in [0.15, 0.2) is 0 Å². The standard InChI is InChI=1S/C31H33N5O6S/c1-4-41-30(38)15-26-22-7-5-19(2)23(14-22)17-35-18-24-13-21(6-10-28(24)42-43(35,39)40)16-32-29(37)11-12-36-27-9-8-25(26)20(3)31(27)33-34-36/h5-10,13-14,26H,4,11-12,15-18H2,1-3H3,(H,32,37). The summed E-state index contributed by atoms with van der Waals surface area (Å²) in [4.78, 5) is 25.6. The third-order valence-electron chi connectivity index (χ3n) is 8.18. The largest absolute Gasteiger partial charge is 0.466 e. The monoisotopic (exact) mass is 603 g/mol. The number of aryl methyl sites for hydroxylation is 3. The van der Waals surface area contributed by atoms with Crippen molar-refractivity contribution in [2.24, 2.45) is 0 Å². The van der Waals surface area contributed by atoms with Crippen LogP contribution in [0, 0.1) is 13.8 Å².